The third kappa shape index (κ3) is 3.68. The number of carbonyl (C=O) groups is 2. The summed E-state index contributed by atoms with van der Waals surface area (Å²) in [5.41, 5.74) is 1.62. The number of carbonyl (C=O) groups excluding carboxylic acids is 2. The molecular formula is C26H20N2O5. The highest BCUT2D eigenvalue weighted by Crippen LogP contribution is 2.47. The minimum absolute atomic E-state index is 0.0675. The van der Waals surface area contributed by atoms with E-state index in [-0.39, 0.29) is 11.3 Å². The third-order valence-electron chi connectivity index (χ3n) is 5.49. The molecule has 1 heterocycles. The Balaban J connectivity index is 2.01. The highest BCUT2D eigenvalue weighted by Gasteiger charge is 2.48. The Labute approximate surface area is 190 Å². The molecule has 0 radical (unpaired) electrons. The Hall–Kier alpha value is -4.57. The zero-order chi connectivity index (χ0) is 23.5. The van der Waals surface area contributed by atoms with Crippen LogP contribution in [0.1, 0.15) is 22.7 Å². The van der Waals surface area contributed by atoms with E-state index in [1.807, 2.05) is 6.07 Å². The summed E-state index contributed by atoms with van der Waals surface area (Å²) in [5, 5.41) is 20.3. The molecule has 0 bridgehead atoms. The molecule has 1 N–H and O–H groups in total. The van der Waals surface area contributed by atoms with Crippen LogP contribution in [-0.4, -0.2) is 31.0 Å². The van der Waals surface area contributed by atoms with Gasteiger partial charge >= 0.3 is 0 Å². The van der Waals surface area contributed by atoms with E-state index in [9.17, 15) is 14.7 Å². The topological polar surface area (TPSA) is 99.9 Å². The van der Waals surface area contributed by atoms with E-state index >= 15 is 0 Å². The summed E-state index contributed by atoms with van der Waals surface area (Å²) in [6.07, 6.45) is 0. The summed E-state index contributed by atoms with van der Waals surface area (Å²) in [6, 6.07) is 21.0. The molecule has 1 fully saturated rings. The third-order valence-corrected chi connectivity index (χ3v) is 5.49. The largest absolute Gasteiger partial charge is 0.507 e. The van der Waals surface area contributed by atoms with Crippen LogP contribution in [0.5, 0.6) is 11.5 Å². The van der Waals surface area contributed by atoms with E-state index in [1.165, 1.54) is 19.1 Å². The second-order valence-electron chi connectivity index (χ2n) is 7.28. The molecule has 1 amide bonds. The molecule has 0 spiro atoms. The van der Waals surface area contributed by atoms with Crippen LogP contribution in [0.25, 0.3) is 5.76 Å². The van der Waals surface area contributed by atoms with Gasteiger partial charge in [-0.15, -0.1) is 0 Å². The maximum absolute atomic E-state index is 13.2. The van der Waals surface area contributed by atoms with Crippen molar-refractivity contribution in [3.8, 4) is 17.6 Å². The number of hydrogen-bond donors (Lipinski definition) is 1. The van der Waals surface area contributed by atoms with Gasteiger partial charge in [0.2, 0.25) is 0 Å². The van der Waals surface area contributed by atoms with Gasteiger partial charge in [-0.2, -0.15) is 5.26 Å². The molecule has 0 aliphatic carbocycles. The van der Waals surface area contributed by atoms with Gasteiger partial charge in [-0.3, -0.25) is 14.5 Å². The molecule has 1 atom stereocenters. The number of Topliss-reactive ketones (excluding diaryl/α,β-unsaturated/α-hetero) is 1. The number of para-hydroxylation sites is 1. The molecule has 1 aliphatic heterocycles. The first-order chi connectivity index (χ1) is 16.0. The number of hydrogen-bond acceptors (Lipinski definition) is 6. The van der Waals surface area contributed by atoms with Crippen molar-refractivity contribution in [1.29, 1.82) is 5.26 Å². The van der Waals surface area contributed by atoms with Crippen molar-refractivity contribution < 1.29 is 24.2 Å². The van der Waals surface area contributed by atoms with Gasteiger partial charge in [0.15, 0.2) is 11.5 Å². The number of aliphatic hydroxyl groups excluding tert-OH is 1. The Bertz CT molecular complexity index is 1290. The van der Waals surface area contributed by atoms with Crippen LogP contribution in [-0.2, 0) is 9.59 Å². The van der Waals surface area contributed by atoms with Crippen molar-refractivity contribution in [2.45, 2.75) is 6.04 Å². The number of ether oxygens (including phenoxy) is 2. The summed E-state index contributed by atoms with van der Waals surface area (Å²) >= 11 is 0. The number of rotatable bonds is 5. The van der Waals surface area contributed by atoms with Crippen molar-refractivity contribution in [2.24, 2.45) is 0 Å². The van der Waals surface area contributed by atoms with Crippen LogP contribution < -0.4 is 14.4 Å². The molecule has 7 nitrogen and oxygen atoms in total. The van der Waals surface area contributed by atoms with E-state index in [0.29, 0.717) is 33.9 Å². The molecule has 7 heteroatoms. The van der Waals surface area contributed by atoms with Crippen LogP contribution in [0, 0.1) is 11.3 Å². The zero-order valence-corrected chi connectivity index (χ0v) is 18.0. The molecule has 0 saturated carbocycles. The summed E-state index contributed by atoms with van der Waals surface area (Å²) < 4.78 is 11.0. The minimum Gasteiger partial charge on any atom is -0.507 e. The number of nitrogens with zero attached hydrogens (tertiary/aromatic N) is 2. The fourth-order valence-corrected chi connectivity index (χ4v) is 3.97. The SMILES string of the molecule is COc1cccc(C2/C(=C(/O)c3ccccc3)C(=O)C(=O)N2c2ccc(C#N)cc2)c1OC. The normalized spacial score (nSPS) is 17.0. The Morgan fingerprint density at radius 2 is 1.64 bits per heavy atom. The summed E-state index contributed by atoms with van der Waals surface area (Å²) in [4.78, 5) is 27.8. The fourth-order valence-electron chi connectivity index (χ4n) is 3.97. The van der Waals surface area contributed by atoms with Gasteiger partial charge in [-0.05, 0) is 30.3 Å². The smallest absolute Gasteiger partial charge is 0.300 e. The maximum atomic E-state index is 13.2. The highest BCUT2D eigenvalue weighted by atomic mass is 16.5. The van der Waals surface area contributed by atoms with Crippen molar-refractivity contribution >= 4 is 23.1 Å². The van der Waals surface area contributed by atoms with Gasteiger partial charge in [-0.1, -0.05) is 42.5 Å². The number of anilines is 1. The minimum atomic E-state index is -0.983. The van der Waals surface area contributed by atoms with Gasteiger partial charge in [0.25, 0.3) is 11.7 Å². The first-order valence-electron chi connectivity index (χ1n) is 10.1. The van der Waals surface area contributed by atoms with Crippen molar-refractivity contribution in [3.05, 3.63) is 95.1 Å². The molecule has 1 unspecified atom stereocenters. The molecule has 33 heavy (non-hydrogen) atoms. The average Bonchev–Trinajstić information content (AvgIpc) is 3.13. The lowest BCUT2D eigenvalue weighted by atomic mass is 9.94. The molecular weight excluding hydrogens is 420 g/mol. The molecule has 3 aromatic rings. The van der Waals surface area contributed by atoms with Gasteiger partial charge in [0.1, 0.15) is 5.76 Å². The molecule has 0 aromatic heterocycles. The first-order valence-corrected chi connectivity index (χ1v) is 10.1. The second-order valence-corrected chi connectivity index (χ2v) is 7.28. The number of benzene rings is 3. The van der Waals surface area contributed by atoms with Crippen LogP contribution in [0.2, 0.25) is 0 Å². The quantitative estimate of drug-likeness (QED) is 0.363. The molecule has 1 saturated heterocycles. The molecule has 3 aromatic carbocycles. The lowest BCUT2D eigenvalue weighted by Crippen LogP contribution is -2.29. The summed E-state index contributed by atoms with van der Waals surface area (Å²) in [7, 11) is 2.95. The van der Waals surface area contributed by atoms with Crippen LogP contribution in [0.15, 0.2) is 78.4 Å². The lowest BCUT2D eigenvalue weighted by molar-refractivity contribution is -0.132. The van der Waals surface area contributed by atoms with Gasteiger partial charge in [-0.25, -0.2) is 0 Å². The second kappa shape index (κ2) is 8.89. The van der Waals surface area contributed by atoms with E-state index in [4.69, 9.17) is 14.7 Å². The Morgan fingerprint density at radius 3 is 2.24 bits per heavy atom. The Kier molecular flexibility index (Phi) is 5.83. The van der Waals surface area contributed by atoms with Gasteiger partial charge in [0.05, 0.1) is 37.5 Å². The van der Waals surface area contributed by atoms with E-state index < -0.39 is 17.7 Å². The van der Waals surface area contributed by atoms with Crippen LogP contribution in [0.3, 0.4) is 0 Å². The number of methoxy groups -OCH3 is 2. The van der Waals surface area contributed by atoms with Gasteiger partial charge < -0.3 is 14.6 Å². The van der Waals surface area contributed by atoms with Crippen LogP contribution in [0.4, 0.5) is 5.69 Å². The highest BCUT2D eigenvalue weighted by molar-refractivity contribution is 6.51. The van der Waals surface area contributed by atoms with Crippen molar-refractivity contribution in [2.75, 3.05) is 19.1 Å². The summed E-state index contributed by atoms with van der Waals surface area (Å²) in [5.74, 6) is -1.16. The average molecular weight is 440 g/mol. The lowest BCUT2D eigenvalue weighted by Gasteiger charge is -2.27. The molecule has 1 aliphatic rings. The Morgan fingerprint density at radius 1 is 0.939 bits per heavy atom. The molecule has 164 valence electrons. The number of amides is 1. The number of aliphatic hydroxyl groups is 1. The fraction of sp³-hybridized carbons (Fsp3) is 0.115. The monoisotopic (exact) mass is 440 g/mol. The molecule has 4 rings (SSSR count). The van der Waals surface area contributed by atoms with Crippen molar-refractivity contribution in [1.82, 2.24) is 0 Å². The predicted molar refractivity (Wildman–Crippen MR) is 122 cm³/mol. The standard InChI is InChI=1S/C26H20N2O5/c1-32-20-10-6-9-19(25(20)33-2)22-21(23(29)17-7-4-3-5-8-17)24(30)26(31)28(22)18-13-11-16(15-27)12-14-18/h3-14,22,29H,1-2H3/b23-21-. The van der Waals surface area contributed by atoms with E-state index in [1.54, 1.807) is 72.8 Å². The summed E-state index contributed by atoms with van der Waals surface area (Å²) in [6.45, 7) is 0. The van der Waals surface area contributed by atoms with E-state index in [0.717, 1.165) is 0 Å². The van der Waals surface area contributed by atoms with Gasteiger partial charge in [0, 0.05) is 16.8 Å². The van der Waals surface area contributed by atoms with E-state index in [2.05, 4.69) is 0 Å². The van der Waals surface area contributed by atoms with Crippen molar-refractivity contribution in [3.63, 3.8) is 0 Å². The predicted octanol–water partition coefficient (Wildman–Crippen LogP) is 4.20. The number of ketones is 1. The first kappa shape index (κ1) is 21.7. The zero-order valence-electron chi connectivity index (χ0n) is 18.0. The van der Waals surface area contributed by atoms with Crippen LogP contribution >= 0.6 is 0 Å². The number of nitriles is 1. The maximum Gasteiger partial charge on any atom is 0.300 e.